The van der Waals surface area contributed by atoms with Gasteiger partial charge in [-0.1, -0.05) is 18.2 Å². The summed E-state index contributed by atoms with van der Waals surface area (Å²) in [5, 5.41) is 0. The number of para-hydroxylation sites is 1. The lowest BCUT2D eigenvalue weighted by atomic mass is 9.97. The van der Waals surface area contributed by atoms with Crippen molar-refractivity contribution < 1.29 is 9.53 Å². The van der Waals surface area contributed by atoms with E-state index in [1.807, 2.05) is 24.1 Å². The maximum absolute atomic E-state index is 11.5. The quantitative estimate of drug-likeness (QED) is 0.823. The molecule has 0 spiro atoms. The topological polar surface area (TPSA) is 32.8 Å². The van der Waals surface area contributed by atoms with E-state index >= 15 is 0 Å². The van der Waals surface area contributed by atoms with Crippen molar-refractivity contribution in [1.29, 1.82) is 0 Å². The van der Waals surface area contributed by atoms with Crippen LogP contribution >= 0.6 is 0 Å². The summed E-state index contributed by atoms with van der Waals surface area (Å²) in [7, 11) is 1.91. The molecule has 1 atom stereocenters. The molecule has 2 heterocycles. The molecule has 108 valence electrons. The molecule has 1 amide bonds. The molecule has 1 aromatic carbocycles. The second-order valence-electron chi connectivity index (χ2n) is 5.87. The molecule has 2 aliphatic heterocycles. The average molecular weight is 274 g/mol. The molecule has 4 nitrogen and oxygen atoms in total. The molecule has 1 saturated heterocycles. The molecule has 0 radical (unpaired) electrons. The standard InChI is InChI=1S/C16H22N2O2/c1-17-10-13(6-7-16(17)19)11-18-8-9-20-15-5-3-2-4-14(15)12-18/h2-5,13H,6-12H2,1H3. The van der Waals surface area contributed by atoms with Gasteiger partial charge in [-0.05, 0) is 18.4 Å². The third kappa shape index (κ3) is 2.96. The molecule has 0 aromatic heterocycles. The van der Waals surface area contributed by atoms with Crippen molar-refractivity contribution in [2.75, 3.05) is 33.3 Å². The number of nitrogens with zero attached hydrogens (tertiary/aromatic N) is 2. The van der Waals surface area contributed by atoms with Crippen LogP contribution in [0.5, 0.6) is 5.75 Å². The number of amides is 1. The molecule has 1 aromatic rings. The highest BCUT2D eigenvalue weighted by atomic mass is 16.5. The lowest BCUT2D eigenvalue weighted by molar-refractivity contribution is -0.133. The van der Waals surface area contributed by atoms with Gasteiger partial charge >= 0.3 is 0 Å². The van der Waals surface area contributed by atoms with E-state index in [1.165, 1.54) is 5.56 Å². The number of fused-ring (bicyclic) bond motifs is 1. The van der Waals surface area contributed by atoms with Crippen LogP contribution in [0.4, 0.5) is 0 Å². The minimum atomic E-state index is 0.283. The summed E-state index contributed by atoms with van der Waals surface area (Å²) in [5.41, 5.74) is 1.27. The maximum atomic E-state index is 11.5. The first kappa shape index (κ1) is 13.4. The zero-order valence-corrected chi connectivity index (χ0v) is 12.0. The van der Waals surface area contributed by atoms with Gasteiger partial charge in [0.1, 0.15) is 12.4 Å². The Bertz CT molecular complexity index is 489. The van der Waals surface area contributed by atoms with Gasteiger partial charge in [0.15, 0.2) is 0 Å². The van der Waals surface area contributed by atoms with Gasteiger partial charge in [0.2, 0.25) is 5.91 Å². The van der Waals surface area contributed by atoms with Gasteiger partial charge < -0.3 is 9.64 Å². The fourth-order valence-electron chi connectivity index (χ4n) is 3.15. The number of likely N-dealkylation sites (tertiary alicyclic amines) is 1. The summed E-state index contributed by atoms with van der Waals surface area (Å²) in [6.45, 7) is 4.60. The highest BCUT2D eigenvalue weighted by molar-refractivity contribution is 5.76. The van der Waals surface area contributed by atoms with Crippen LogP contribution in [0.1, 0.15) is 18.4 Å². The van der Waals surface area contributed by atoms with E-state index in [9.17, 15) is 4.79 Å². The molecular weight excluding hydrogens is 252 g/mol. The molecule has 20 heavy (non-hydrogen) atoms. The van der Waals surface area contributed by atoms with Crippen LogP contribution < -0.4 is 4.74 Å². The average Bonchev–Trinajstić information content (AvgIpc) is 2.64. The number of hydrogen-bond donors (Lipinski definition) is 0. The smallest absolute Gasteiger partial charge is 0.222 e. The van der Waals surface area contributed by atoms with Gasteiger partial charge in [-0.15, -0.1) is 0 Å². The van der Waals surface area contributed by atoms with Crippen molar-refractivity contribution in [3.63, 3.8) is 0 Å². The Labute approximate surface area is 120 Å². The molecule has 2 aliphatic rings. The summed E-state index contributed by atoms with van der Waals surface area (Å²) >= 11 is 0. The first-order chi connectivity index (χ1) is 9.72. The summed E-state index contributed by atoms with van der Waals surface area (Å²) < 4.78 is 5.80. The van der Waals surface area contributed by atoms with Gasteiger partial charge in [-0.3, -0.25) is 9.69 Å². The van der Waals surface area contributed by atoms with Crippen molar-refractivity contribution in [2.45, 2.75) is 19.4 Å². The first-order valence-corrected chi connectivity index (χ1v) is 7.39. The van der Waals surface area contributed by atoms with Crippen LogP contribution in [0.2, 0.25) is 0 Å². The number of carbonyl (C=O) groups excluding carboxylic acids is 1. The van der Waals surface area contributed by atoms with Crippen LogP contribution in [0.15, 0.2) is 24.3 Å². The summed E-state index contributed by atoms with van der Waals surface area (Å²) in [6, 6.07) is 8.28. The Balaban J connectivity index is 1.62. The molecule has 0 bridgehead atoms. The third-order valence-electron chi connectivity index (χ3n) is 4.27. The van der Waals surface area contributed by atoms with E-state index in [4.69, 9.17) is 4.74 Å². The number of rotatable bonds is 2. The van der Waals surface area contributed by atoms with Gasteiger partial charge in [-0.2, -0.15) is 0 Å². The number of ether oxygens (including phenoxy) is 1. The molecule has 0 aliphatic carbocycles. The van der Waals surface area contributed by atoms with E-state index in [0.29, 0.717) is 12.3 Å². The maximum Gasteiger partial charge on any atom is 0.222 e. The van der Waals surface area contributed by atoms with Crippen LogP contribution in [-0.4, -0.2) is 49.0 Å². The van der Waals surface area contributed by atoms with E-state index in [1.54, 1.807) is 0 Å². The fraction of sp³-hybridized carbons (Fsp3) is 0.562. The molecule has 0 saturated carbocycles. The number of hydrogen-bond acceptors (Lipinski definition) is 3. The van der Waals surface area contributed by atoms with Crippen LogP contribution in [0, 0.1) is 5.92 Å². The van der Waals surface area contributed by atoms with Gasteiger partial charge in [0.25, 0.3) is 0 Å². The molecule has 3 rings (SSSR count). The first-order valence-electron chi connectivity index (χ1n) is 7.39. The molecule has 1 unspecified atom stereocenters. The van der Waals surface area contributed by atoms with Crippen molar-refractivity contribution in [3.8, 4) is 5.75 Å². The minimum absolute atomic E-state index is 0.283. The number of piperidine rings is 1. The number of carbonyl (C=O) groups is 1. The Kier molecular flexibility index (Phi) is 3.92. The Hall–Kier alpha value is -1.55. The van der Waals surface area contributed by atoms with Gasteiger partial charge in [-0.25, -0.2) is 0 Å². The highest BCUT2D eigenvalue weighted by Gasteiger charge is 2.25. The minimum Gasteiger partial charge on any atom is -0.492 e. The van der Waals surface area contributed by atoms with Crippen LogP contribution in [0.25, 0.3) is 0 Å². The monoisotopic (exact) mass is 274 g/mol. The van der Waals surface area contributed by atoms with Crippen molar-refractivity contribution in [2.24, 2.45) is 5.92 Å². The van der Waals surface area contributed by atoms with E-state index in [2.05, 4.69) is 17.0 Å². The predicted molar refractivity (Wildman–Crippen MR) is 77.6 cm³/mol. The Morgan fingerprint density at radius 1 is 1.35 bits per heavy atom. The van der Waals surface area contributed by atoms with Crippen molar-refractivity contribution >= 4 is 5.91 Å². The summed E-state index contributed by atoms with van der Waals surface area (Å²) in [4.78, 5) is 15.9. The lowest BCUT2D eigenvalue weighted by Crippen LogP contribution is -2.42. The van der Waals surface area contributed by atoms with Crippen molar-refractivity contribution in [3.05, 3.63) is 29.8 Å². The highest BCUT2D eigenvalue weighted by Crippen LogP contribution is 2.24. The SMILES string of the molecule is CN1CC(CN2CCOc3ccccc3C2)CCC1=O. The Morgan fingerprint density at radius 3 is 3.05 bits per heavy atom. The van der Waals surface area contributed by atoms with Crippen molar-refractivity contribution in [1.82, 2.24) is 9.80 Å². The molecule has 4 heteroatoms. The summed E-state index contributed by atoms with van der Waals surface area (Å²) in [5.74, 6) is 1.89. The zero-order chi connectivity index (χ0) is 13.9. The van der Waals surface area contributed by atoms with Gasteiger partial charge in [0, 0.05) is 45.2 Å². The molecular formula is C16H22N2O2. The Morgan fingerprint density at radius 2 is 2.20 bits per heavy atom. The second-order valence-corrected chi connectivity index (χ2v) is 5.87. The van der Waals surface area contributed by atoms with E-state index in [-0.39, 0.29) is 5.91 Å². The largest absolute Gasteiger partial charge is 0.492 e. The third-order valence-corrected chi connectivity index (χ3v) is 4.27. The number of benzene rings is 1. The fourth-order valence-corrected chi connectivity index (χ4v) is 3.15. The van der Waals surface area contributed by atoms with E-state index in [0.717, 1.165) is 45.0 Å². The normalized spacial score (nSPS) is 23.9. The predicted octanol–water partition coefficient (Wildman–Crippen LogP) is 1.75. The van der Waals surface area contributed by atoms with Crippen LogP contribution in [0.3, 0.4) is 0 Å². The van der Waals surface area contributed by atoms with E-state index < -0.39 is 0 Å². The lowest BCUT2D eigenvalue weighted by Gasteiger charge is -2.33. The second kappa shape index (κ2) is 5.83. The van der Waals surface area contributed by atoms with Crippen LogP contribution in [-0.2, 0) is 11.3 Å². The summed E-state index contributed by atoms with van der Waals surface area (Å²) in [6.07, 6.45) is 1.71. The molecule has 1 fully saturated rings. The zero-order valence-electron chi connectivity index (χ0n) is 12.0. The van der Waals surface area contributed by atoms with Gasteiger partial charge in [0.05, 0.1) is 0 Å². The molecule has 0 N–H and O–H groups in total.